The van der Waals surface area contributed by atoms with E-state index in [4.69, 9.17) is 5.73 Å². The third-order valence-electron chi connectivity index (χ3n) is 3.30. The maximum Gasteiger partial charge on any atom is 0.289 e. The van der Waals surface area contributed by atoms with E-state index >= 15 is 0 Å². The Morgan fingerprint density at radius 2 is 2.22 bits per heavy atom. The van der Waals surface area contributed by atoms with Crippen molar-refractivity contribution in [3.05, 3.63) is 35.2 Å². The van der Waals surface area contributed by atoms with E-state index in [-0.39, 0.29) is 0 Å². The van der Waals surface area contributed by atoms with Gasteiger partial charge in [0.2, 0.25) is 0 Å². The standard InChI is InChI=1S/C14H16N4/c1-4-11-9(2)13(10(8-15)14(16)17-11)12-6-5-7-18(12)3/h5-7H,4H2,1-3H3,(H2,16,17)/p+1. The van der Waals surface area contributed by atoms with Crippen LogP contribution in [0.4, 0.5) is 5.82 Å². The molecular weight excluding hydrogens is 224 g/mol. The second-order valence-corrected chi connectivity index (χ2v) is 4.36. The number of nitrogens with zero attached hydrogens (tertiary/aromatic N) is 2. The molecule has 0 saturated carbocycles. The fraction of sp³-hybridized carbons (Fsp3) is 0.286. The second kappa shape index (κ2) is 4.53. The summed E-state index contributed by atoms with van der Waals surface area (Å²) in [5, 5.41) is 9.32. The Morgan fingerprint density at radius 3 is 2.72 bits per heavy atom. The lowest BCUT2D eigenvalue weighted by Gasteiger charge is -2.11. The molecule has 0 aromatic carbocycles. The van der Waals surface area contributed by atoms with E-state index in [2.05, 4.69) is 18.0 Å². The van der Waals surface area contributed by atoms with Gasteiger partial charge >= 0.3 is 0 Å². The molecule has 0 aliphatic carbocycles. The smallest absolute Gasteiger partial charge is 0.289 e. The van der Waals surface area contributed by atoms with Gasteiger partial charge < -0.3 is 4.57 Å². The number of aromatic amines is 1. The number of nitrogen functional groups attached to an aromatic ring is 1. The van der Waals surface area contributed by atoms with Crippen molar-refractivity contribution in [3.63, 3.8) is 0 Å². The molecular formula is C14H17N4+. The van der Waals surface area contributed by atoms with Crippen LogP contribution in [-0.2, 0) is 13.5 Å². The molecule has 0 bridgehead atoms. The van der Waals surface area contributed by atoms with E-state index in [1.807, 2.05) is 36.9 Å². The molecule has 0 amide bonds. The van der Waals surface area contributed by atoms with Crippen LogP contribution in [0, 0.1) is 18.3 Å². The average molecular weight is 241 g/mol. The first-order chi connectivity index (χ1) is 8.60. The van der Waals surface area contributed by atoms with Gasteiger partial charge in [-0.05, 0) is 19.1 Å². The zero-order valence-corrected chi connectivity index (χ0v) is 10.9. The number of nitrogens with two attached hydrogens (primary N) is 1. The Morgan fingerprint density at radius 1 is 1.50 bits per heavy atom. The van der Waals surface area contributed by atoms with E-state index in [9.17, 15) is 5.26 Å². The molecule has 3 N–H and O–H groups in total. The SMILES string of the molecule is CCc1[nH+]c(N)c(C#N)c(-c2cccn2C)c1C. The molecule has 2 aromatic heterocycles. The predicted octanol–water partition coefficient (Wildman–Crippen LogP) is 1.83. The number of aromatic nitrogens is 2. The summed E-state index contributed by atoms with van der Waals surface area (Å²) >= 11 is 0. The molecule has 0 fully saturated rings. The van der Waals surface area contributed by atoms with Crippen molar-refractivity contribution in [1.29, 1.82) is 5.26 Å². The first-order valence-corrected chi connectivity index (χ1v) is 5.96. The van der Waals surface area contributed by atoms with Crippen molar-refractivity contribution in [3.8, 4) is 17.3 Å². The lowest BCUT2D eigenvalue weighted by Crippen LogP contribution is -2.21. The van der Waals surface area contributed by atoms with Gasteiger partial charge in [0, 0.05) is 36.5 Å². The van der Waals surface area contributed by atoms with Crippen LogP contribution in [0.2, 0.25) is 0 Å². The van der Waals surface area contributed by atoms with E-state index in [1.54, 1.807) is 0 Å². The second-order valence-electron chi connectivity index (χ2n) is 4.36. The highest BCUT2D eigenvalue weighted by Crippen LogP contribution is 2.30. The Bertz CT molecular complexity index is 631. The van der Waals surface area contributed by atoms with Crippen LogP contribution < -0.4 is 10.7 Å². The fourth-order valence-corrected chi connectivity index (χ4v) is 2.30. The summed E-state index contributed by atoms with van der Waals surface area (Å²) in [6.45, 7) is 4.09. The monoisotopic (exact) mass is 241 g/mol. The van der Waals surface area contributed by atoms with Crippen molar-refractivity contribution in [2.24, 2.45) is 7.05 Å². The molecule has 92 valence electrons. The number of aryl methyl sites for hydroxylation is 2. The normalized spacial score (nSPS) is 10.3. The fourth-order valence-electron chi connectivity index (χ4n) is 2.30. The number of hydrogen-bond acceptors (Lipinski definition) is 2. The maximum absolute atomic E-state index is 9.32. The summed E-state index contributed by atoms with van der Waals surface area (Å²) in [5.74, 6) is 0.441. The number of hydrogen-bond donors (Lipinski definition) is 1. The zero-order valence-electron chi connectivity index (χ0n) is 10.9. The van der Waals surface area contributed by atoms with E-state index < -0.39 is 0 Å². The van der Waals surface area contributed by atoms with E-state index in [1.165, 1.54) is 0 Å². The maximum atomic E-state index is 9.32. The third-order valence-corrected chi connectivity index (χ3v) is 3.30. The minimum Gasteiger partial charge on any atom is -0.351 e. The van der Waals surface area contributed by atoms with Crippen LogP contribution in [0.1, 0.15) is 23.7 Å². The summed E-state index contributed by atoms with van der Waals surface area (Å²) in [4.78, 5) is 3.11. The molecule has 2 heterocycles. The molecule has 0 saturated heterocycles. The average Bonchev–Trinajstić information content (AvgIpc) is 2.77. The van der Waals surface area contributed by atoms with Crippen molar-refractivity contribution < 1.29 is 4.98 Å². The highest BCUT2D eigenvalue weighted by Gasteiger charge is 2.21. The number of anilines is 1. The van der Waals surface area contributed by atoms with Gasteiger partial charge in [0.25, 0.3) is 5.82 Å². The van der Waals surface area contributed by atoms with Gasteiger partial charge in [-0.15, -0.1) is 0 Å². The Hall–Kier alpha value is -2.28. The van der Waals surface area contributed by atoms with Crippen LogP contribution in [-0.4, -0.2) is 4.57 Å². The minimum absolute atomic E-state index is 0.441. The summed E-state index contributed by atoms with van der Waals surface area (Å²) in [6, 6.07) is 6.17. The first-order valence-electron chi connectivity index (χ1n) is 5.96. The van der Waals surface area contributed by atoms with Crippen molar-refractivity contribution >= 4 is 5.82 Å². The zero-order chi connectivity index (χ0) is 13.3. The van der Waals surface area contributed by atoms with E-state index in [0.29, 0.717) is 11.4 Å². The first kappa shape index (κ1) is 12.2. The molecule has 0 aliphatic rings. The Labute approximate surface area is 107 Å². The molecule has 4 nitrogen and oxygen atoms in total. The summed E-state index contributed by atoms with van der Waals surface area (Å²) in [6.07, 6.45) is 2.83. The van der Waals surface area contributed by atoms with Gasteiger partial charge in [-0.3, -0.25) is 5.73 Å². The van der Waals surface area contributed by atoms with Gasteiger partial charge in [0.15, 0.2) is 5.56 Å². The van der Waals surface area contributed by atoms with Crippen LogP contribution in [0.15, 0.2) is 18.3 Å². The molecule has 0 aliphatic heterocycles. The van der Waals surface area contributed by atoms with Gasteiger partial charge in [-0.25, -0.2) is 4.98 Å². The number of nitriles is 1. The van der Waals surface area contributed by atoms with Crippen molar-refractivity contribution in [2.45, 2.75) is 20.3 Å². The molecule has 0 spiro atoms. The quantitative estimate of drug-likeness (QED) is 0.871. The third kappa shape index (κ3) is 1.74. The van der Waals surface area contributed by atoms with Gasteiger partial charge in [0.05, 0.1) is 0 Å². The van der Waals surface area contributed by atoms with Crippen molar-refractivity contribution in [1.82, 2.24) is 4.57 Å². The Balaban J connectivity index is 2.84. The highest BCUT2D eigenvalue weighted by atomic mass is 14.9. The molecule has 0 unspecified atom stereocenters. The molecule has 0 atom stereocenters. The summed E-state index contributed by atoms with van der Waals surface area (Å²) < 4.78 is 2.00. The molecule has 4 heteroatoms. The van der Waals surface area contributed by atoms with Crippen LogP contribution in [0.5, 0.6) is 0 Å². The summed E-state index contributed by atoms with van der Waals surface area (Å²) in [5.41, 5.74) is 10.6. The molecule has 18 heavy (non-hydrogen) atoms. The van der Waals surface area contributed by atoms with Crippen molar-refractivity contribution in [2.75, 3.05) is 5.73 Å². The number of pyridine rings is 1. The number of nitrogens with one attached hydrogen (secondary N) is 1. The van der Waals surface area contributed by atoms with E-state index in [0.717, 1.165) is 28.9 Å². The van der Waals surface area contributed by atoms with Crippen LogP contribution >= 0.6 is 0 Å². The number of H-pyrrole nitrogens is 1. The molecule has 0 radical (unpaired) electrons. The molecule has 2 aromatic rings. The topological polar surface area (TPSA) is 68.9 Å². The summed E-state index contributed by atoms with van der Waals surface area (Å²) in [7, 11) is 1.97. The highest BCUT2D eigenvalue weighted by molar-refractivity contribution is 5.75. The Kier molecular flexibility index (Phi) is 3.07. The van der Waals surface area contributed by atoms with Gasteiger partial charge in [-0.2, -0.15) is 5.26 Å². The van der Waals surface area contributed by atoms with Gasteiger partial charge in [0.1, 0.15) is 11.8 Å². The van der Waals surface area contributed by atoms with Crippen LogP contribution in [0.25, 0.3) is 11.3 Å². The minimum atomic E-state index is 0.441. The molecule has 2 rings (SSSR count). The van der Waals surface area contributed by atoms with Gasteiger partial charge in [-0.1, -0.05) is 6.92 Å². The lowest BCUT2D eigenvalue weighted by molar-refractivity contribution is -0.373. The lowest BCUT2D eigenvalue weighted by atomic mass is 9.98. The number of rotatable bonds is 2. The largest absolute Gasteiger partial charge is 0.351 e. The van der Waals surface area contributed by atoms with Crippen LogP contribution in [0.3, 0.4) is 0 Å². The predicted molar refractivity (Wildman–Crippen MR) is 70.6 cm³/mol.